The number of amides is 2. The summed E-state index contributed by atoms with van der Waals surface area (Å²) in [6, 6.07) is 0.523. The summed E-state index contributed by atoms with van der Waals surface area (Å²) in [5.41, 5.74) is 0. The number of piperazine rings is 1. The van der Waals surface area contributed by atoms with Crippen molar-refractivity contribution >= 4 is 17.6 Å². The number of hydrogen-bond acceptors (Lipinski definition) is 5. The average Bonchev–Trinajstić information content (AvgIpc) is 2.23. The Labute approximate surface area is 90.5 Å². The zero-order valence-electron chi connectivity index (χ0n) is 8.48. The Kier molecular flexibility index (Phi) is 2.51. The van der Waals surface area contributed by atoms with Gasteiger partial charge in [0.15, 0.2) is 0 Å². The summed E-state index contributed by atoms with van der Waals surface area (Å²) in [5, 5.41) is 2.19. The first-order valence-electron chi connectivity index (χ1n) is 4.66. The molecule has 1 aliphatic heterocycles. The zero-order chi connectivity index (χ0) is 11.7. The van der Waals surface area contributed by atoms with Crippen LogP contribution < -0.4 is 10.2 Å². The number of carbonyl (C=O) groups is 2. The molecule has 1 fully saturated rings. The van der Waals surface area contributed by atoms with Crippen molar-refractivity contribution in [3.63, 3.8) is 0 Å². The van der Waals surface area contributed by atoms with Crippen LogP contribution in [-0.2, 0) is 9.59 Å². The maximum absolute atomic E-state index is 12.9. The van der Waals surface area contributed by atoms with Gasteiger partial charge in [-0.25, -0.2) is 9.97 Å². The number of imide groups is 1. The van der Waals surface area contributed by atoms with Crippen molar-refractivity contribution in [3.8, 4) is 0 Å². The molecule has 2 amide bonds. The lowest BCUT2D eigenvalue weighted by atomic mass is 10.2. The van der Waals surface area contributed by atoms with E-state index in [0.717, 1.165) is 12.4 Å². The lowest BCUT2D eigenvalue weighted by Gasteiger charge is -2.32. The van der Waals surface area contributed by atoms with Crippen molar-refractivity contribution in [1.82, 2.24) is 15.3 Å². The highest BCUT2D eigenvalue weighted by Gasteiger charge is 2.31. The molecule has 7 heteroatoms. The largest absolute Gasteiger partial charge is 0.335 e. The fraction of sp³-hybridized carbons (Fsp3) is 0.333. The van der Waals surface area contributed by atoms with E-state index in [1.807, 2.05) is 0 Å². The van der Waals surface area contributed by atoms with E-state index in [9.17, 15) is 14.0 Å². The lowest BCUT2D eigenvalue weighted by Crippen LogP contribution is -2.57. The first-order chi connectivity index (χ1) is 7.58. The molecule has 2 heterocycles. The Morgan fingerprint density at radius 3 is 2.94 bits per heavy atom. The summed E-state index contributed by atoms with van der Waals surface area (Å²) in [7, 11) is 0. The van der Waals surface area contributed by atoms with E-state index in [-0.39, 0.29) is 12.4 Å². The van der Waals surface area contributed by atoms with Crippen LogP contribution in [0.2, 0.25) is 0 Å². The standard InChI is InChI=1S/C9H9FN4O2/c1-5-9(16)13-8(15)3-14(5)7-2-6(10)11-4-12-7/h2,4-5H,3H2,1H3,(H,13,15,16). The Hall–Kier alpha value is -2.05. The second-order valence-electron chi connectivity index (χ2n) is 3.42. The summed E-state index contributed by atoms with van der Waals surface area (Å²) in [6.45, 7) is 1.59. The van der Waals surface area contributed by atoms with Crippen LogP contribution in [0.25, 0.3) is 0 Å². The minimum atomic E-state index is -0.698. The van der Waals surface area contributed by atoms with Crippen LogP contribution in [0.4, 0.5) is 10.2 Å². The van der Waals surface area contributed by atoms with E-state index in [2.05, 4.69) is 15.3 Å². The third kappa shape index (κ3) is 1.83. The molecule has 1 aliphatic rings. The Balaban J connectivity index is 2.32. The average molecular weight is 224 g/mol. The van der Waals surface area contributed by atoms with Gasteiger partial charge in [-0.3, -0.25) is 14.9 Å². The topological polar surface area (TPSA) is 75.2 Å². The number of anilines is 1. The lowest BCUT2D eigenvalue weighted by molar-refractivity contribution is -0.132. The number of carbonyl (C=O) groups excluding carboxylic acids is 2. The van der Waals surface area contributed by atoms with Crippen LogP contribution in [0.3, 0.4) is 0 Å². The normalized spacial score (nSPS) is 20.9. The fourth-order valence-electron chi connectivity index (χ4n) is 1.48. The Morgan fingerprint density at radius 2 is 2.25 bits per heavy atom. The maximum atomic E-state index is 12.9. The quantitative estimate of drug-likeness (QED) is 0.512. The Morgan fingerprint density at radius 1 is 1.50 bits per heavy atom. The molecular weight excluding hydrogens is 215 g/mol. The molecule has 84 valence electrons. The molecule has 1 atom stereocenters. The van der Waals surface area contributed by atoms with Gasteiger partial charge < -0.3 is 4.90 Å². The van der Waals surface area contributed by atoms with Gasteiger partial charge in [0, 0.05) is 6.07 Å². The summed E-state index contributed by atoms with van der Waals surface area (Å²) >= 11 is 0. The van der Waals surface area contributed by atoms with Crippen molar-refractivity contribution < 1.29 is 14.0 Å². The molecule has 6 nitrogen and oxygen atoms in total. The second kappa shape index (κ2) is 3.84. The number of hydrogen-bond donors (Lipinski definition) is 1. The van der Waals surface area contributed by atoms with Crippen molar-refractivity contribution in [2.75, 3.05) is 11.4 Å². The molecule has 0 aliphatic carbocycles. The van der Waals surface area contributed by atoms with E-state index < -0.39 is 23.8 Å². The number of nitrogens with one attached hydrogen (secondary N) is 1. The van der Waals surface area contributed by atoms with Gasteiger partial charge in [0.05, 0.1) is 6.54 Å². The van der Waals surface area contributed by atoms with Gasteiger partial charge in [0.1, 0.15) is 18.2 Å². The summed E-state index contributed by atoms with van der Waals surface area (Å²) < 4.78 is 12.9. The van der Waals surface area contributed by atoms with E-state index in [0.29, 0.717) is 0 Å². The van der Waals surface area contributed by atoms with Crippen molar-refractivity contribution in [3.05, 3.63) is 18.3 Å². The highest BCUT2D eigenvalue weighted by atomic mass is 19.1. The van der Waals surface area contributed by atoms with Gasteiger partial charge in [-0.15, -0.1) is 0 Å². The third-order valence-corrected chi connectivity index (χ3v) is 2.34. The van der Waals surface area contributed by atoms with Crippen LogP contribution in [0.1, 0.15) is 6.92 Å². The van der Waals surface area contributed by atoms with Crippen LogP contribution in [0, 0.1) is 5.95 Å². The number of aromatic nitrogens is 2. The van der Waals surface area contributed by atoms with Gasteiger partial charge >= 0.3 is 0 Å². The van der Waals surface area contributed by atoms with E-state index in [1.54, 1.807) is 6.92 Å². The molecule has 0 spiro atoms. The minimum Gasteiger partial charge on any atom is -0.335 e. The Bertz CT molecular complexity index is 451. The first-order valence-corrected chi connectivity index (χ1v) is 4.66. The molecule has 1 unspecified atom stereocenters. The number of nitrogens with zero attached hydrogens (tertiary/aromatic N) is 3. The SMILES string of the molecule is CC1C(=O)NC(=O)CN1c1cc(F)ncn1. The van der Waals surface area contributed by atoms with Gasteiger partial charge in [0.2, 0.25) is 17.8 Å². The minimum absolute atomic E-state index is 0.0244. The van der Waals surface area contributed by atoms with Crippen LogP contribution in [-0.4, -0.2) is 34.4 Å². The predicted octanol–water partition coefficient (Wildman–Crippen LogP) is -0.533. The zero-order valence-corrected chi connectivity index (χ0v) is 8.48. The highest BCUT2D eigenvalue weighted by Crippen LogP contribution is 2.15. The van der Waals surface area contributed by atoms with Crippen molar-refractivity contribution in [1.29, 1.82) is 0 Å². The molecule has 0 bridgehead atoms. The summed E-state index contributed by atoms with van der Waals surface area (Å²) in [4.78, 5) is 31.1. The molecule has 0 saturated carbocycles. The molecule has 1 aromatic rings. The highest BCUT2D eigenvalue weighted by molar-refractivity contribution is 6.04. The maximum Gasteiger partial charge on any atom is 0.249 e. The molecule has 16 heavy (non-hydrogen) atoms. The summed E-state index contributed by atoms with van der Waals surface area (Å²) in [6.07, 6.45) is 1.05. The van der Waals surface area contributed by atoms with Gasteiger partial charge in [-0.2, -0.15) is 4.39 Å². The van der Waals surface area contributed by atoms with Gasteiger partial charge in [-0.05, 0) is 6.92 Å². The molecular formula is C9H9FN4O2. The van der Waals surface area contributed by atoms with Crippen LogP contribution in [0.15, 0.2) is 12.4 Å². The molecule has 1 N–H and O–H groups in total. The molecule has 0 radical (unpaired) electrons. The number of rotatable bonds is 1. The van der Waals surface area contributed by atoms with Crippen LogP contribution in [0.5, 0.6) is 0 Å². The molecule has 1 aromatic heterocycles. The van der Waals surface area contributed by atoms with E-state index in [1.165, 1.54) is 4.90 Å². The number of halogens is 1. The fourth-order valence-corrected chi connectivity index (χ4v) is 1.48. The van der Waals surface area contributed by atoms with E-state index >= 15 is 0 Å². The molecule has 2 rings (SSSR count). The predicted molar refractivity (Wildman–Crippen MR) is 51.9 cm³/mol. The third-order valence-electron chi connectivity index (χ3n) is 2.34. The first kappa shape index (κ1) is 10.5. The van der Waals surface area contributed by atoms with Gasteiger partial charge in [0.25, 0.3) is 0 Å². The van der Waals surface area contributed by atoms with Crippen LogP contribution >= 0.6 is 0 Å². The van der Waals surface area contributed by atoms with Gasteiger partial charge in [-0.1, -0.05) is 0 Å². The van der Waals surface area contributed by atoms with Crippen molar-refractivity contribution in [2.45, 2.75) is 13.0 Å². The molecule has 1 saturated heterocycles. The smallest absolute Gasteiger partial charge is 0.249 e. The van der Waals surface area contributed by atoms with Crippen molar-refractivity contribution in [2.24, 2.45) is 0 Å². The van der Waals surface area contributed by atoms with E-state index in [4.69, 9.17) is 0 Å². The monoisotopic (exact) mass is 224 g/mol. The summed E-state index contributed by atoms with van der Waals surface area (Å²) in [5.74, 6) is -1.32. The second-order valence-corrected chi connectivity index (χ2v) is 3.42. The molecule has 0 aromatic carbocycles.